The fourth-order valence-electron chi connectivity index (χ4n) is 2.05. The van der Waals surface area contributed by atoms with Gasteiger partial charge in [-0.05, 0) is 12.6 Å². The second kappa shape index (κ2) is 1.92. The zero-order valence-electron chi connectivity index (χ0n) is 5.90. The zero-order chi connectivity index (χ0) is 6.55. The monoisotopic (exact) mass is 156 g/mol. The summed E-state index contributed by atoms with van der Waals surface area (Å²) in [6.07, 6.45) is 5.20. The lowest BCUT2D eigenvalue weighted by Gasteiger charge is -2.62. The third-order valence-electron chi connectivity index (χ3n) is 2.25. The third-order valence-corrected chi connectivity index (χ3v) is 4.43. The molecule has 0 aliphatic carbocycles. The molecule has 0 radical (unpaired) electrons. The van der Waals surface area contributed by atoms with E-state index in [1.165, 1.54) is 32.6 Å². The van der Waals surface area contributed by atoms with E-state index in [-0.39, 0.29) is 7.92 Å². The smallest absolute Gasteiger partial charge is 0.0533 e. The van der Waals surface area contributed by atoms with Crippen LogP contribution in [-0.4, -0.2) is 47.3 Å². The van der Waals surface area contributed by atoms with Gasteiger partial charge in [0.15, 0.2) is 0 Å². The van der Waals surface area contributed by atoms with E-state index >= 15 is 0 Å². The zero-order valence-corrected chi connectivity index (χ0v) is 6.80. The van der Waals surface area contributed by atoms with Gasteiger partial charge in [0.25, 0.3) is 0 Å². The average Bonchev–Trinajstić information content (AvgIpc) is 1.82. The van der Waals surface area contributed by atoms with Crippen molar-refractivity contribution in [3.63, 3.8) is 0 Å². The first-order valence-electron chi connectivity index (χ1n) is 3.68. The molecule has 0 amide bonds. The molecule has 4 aliphatic rings. The molecule has 4 rings (SSSR count). The predicted molar refractivity (Wildman–Crippen MR) is 41.1 cm³/mol. The van der Waals surface area contributed by atoms with Gasteiger partial charge in [-0.3, -0.25) is 9.80 Å². The van der Waals surface area contributed by atoms with Gasteiger partial charge < -0.3 is 4.90 Å². The van der Waals surface area contributed by atoms with Gasteiger partial charge in [-0.1, -0.05) is 0 Å². The molecule has 2 atom stereocenters. The lowest BCUT2D eigenvalue weighted by Crippen LogP contribution is -2.60. The minimum absolute atomic E-state index is 0.241. The van der Waals surface area contributed by atoms with Gasteiger partial charge >= 0.3 is 0 Å². The van der Waals surface area contributed by atoms with Crippen LogP contribution < -0.4 is 0 Å². The Kier molecular flexibility index (Phi) is 1.13. The molecule has 2 unspecified atom stereocenters. The Morgan fingerprint density at radius 3 is 2.20 bits per heavy atom. The van der Waals surface area contributed by atoms with Crippen LogP contribution in [0.5, 0.6) is 0 Å². The summed E-state index contributed by atoms with van der Waals surface area (Å²) in [7, 11) is 0.241. The Morgan fingerprint density at radius 2 is 1.70 bits per heavy atom. The highest BCUT2D eigenvalue weighted by molar-refractivity contribution is 7.59. The molecule has 3 nitrogen and oxygen atoms in total. The van der Waals surface area contributed by atoms with E-state index in [1.807, 2.05) is 0 Å². The predicted octanol–water partition coefficient (Wildman–Crippen LogP) is 0.322. The van der Waals surface area contributed by atoms with Crippen molar-refractivity contribution in [2.75, 3.05) is 32.6 Å². The van der Waals surface area contributed by atoms with Gasteiger partial charge in [-0.15, -0.1) is 0 Å². The van der Waals surface area contributed by atoms with Crippen molar-refractivity contribution in [1.29, 1.82) is 0 Å². The van der Waals surface area contributed by atoms with Crippen molar-refractivity contribution >= 4 is 7.92 Å². The van der Waals surface area contributed by atoms with Crippen molar-refractivity contribution in [3.8, 4) is 0 Å². The maximum Gasteiger partial charge on any atom is 0.0533 e. The molecule has 4 saturated heterocycles. The van der Waals surface area contributed by atoms with Crippen molar-refractivity contribution in [2.45, 2.75) is 0 Å². The van der Waals surface area contributed by atoms with Gasteiger partial charge in [-0.2, -0.15) is 0 Å². The second-order valence-electron chi connectivity index (χ2n) is 3.34. The molecule has 4 fully saturated rings. The van der Waals surface area contributed by atoms with Crippen molar-refractivity contribution in [3.05, 3.63) is 6.29 Å². The normalized spacial score (nSPS) is 57.6. The molecule has 4 heteroatoms. The number of nitrogens with zero attached hydrogens (tertiary/aromatic N) is 3. The SMILES string of the molecule is [CH-]1N2CN3CN(C2)CP1C3. The Morgan fingerprint density at radius 1 is 1.00 bits per heavy atom. The summed E-state index contributed by atoms with van der Waals surface area (Å²) in [5.74, 6) is 0. The molecule has 56 valence electrons. The molecule has 0 N–H and O–H groups in total. The Hall–Kier alpha value is 0.310. The van der Waals surface area contributed by atoms with Crippen LogP contribution in [0.2, 0.25) is 0 Å². The average molecular weight is 156 g/mol. The Labute approximate surface area is 62.3 Å². The fourth-order valence-corrected chi connectivity index (χ4v) is 4.27. The lowest BCUT2D eigenvalue weighted by atomic mass is 10.5. The first-order valence-corrected chi connectivity index (χ1v) is 5.46. The highest BCUT2D eigenvalue weighted by Crippen LogP contribution is 2.50. The first kappa shape index (κ1) is 5.90. The van der Waals surface area contributed by atoms with E-state index < -0.39 is 0 Å². The highest BCUT2D eigenvalue weighted by Gasteiger charge is 2.30. The second-order valence-corrected chi connectivity index (χ2v) is 5.32. The van der Waals surface area contributed by atoms with Gasteiger partial charge in [0, 0.05) is 13.3 Å². The van der Waals surface area contributed by atoms with Gasteiger partial charge in [-0.25, -0.2) is 14.2 Å². The molecular weight excluding hydrogens is 145 g/mol. The van der Waals surface area contributed by atoms with Crippen molar-refractivity contribution in [1.82, 2.24) is 14.7 Å². The topological polar surface area (TPSA) is 9.72 Å². The minimum Gasteiger partial charge on any atom is -0.428 e. The van der Waals surface area contributed by atoms with Crippen molar-refractivity contribution in [2.24, 2.45) is 0 Å². The minimum atomic E-state index is 0.241. The molecule has 0 aromatic carbocycles. The standard InChI is InChI=1S/C6H11N3P/c1-7-2-9-3-8(1)5-10(4-7)6-9/h4H,1-3,5-6H2/q-1. The van der Waals surface area contributed by atoms with Crippen molar-refractivity contribution < 1.29 is 0 Å². The summed E-state index contributed by atoms with van der Waals surface area (Å²) in [6.45, 7) is 3.60. The van der Waals surface area contributed by atoms with E-state index in [0.29, 0.717) is 0 Å². The number of rotatable bonds is 0. The van der Waals surface area contributed by atoms with Gasteiger partial charge in [0.2, 0.25) is 0 Å². The van der Waals surface area contributed by atoms with Gasteiger partial charge in [0.05, 0.1) is 6.67 Å². The highest BCUT2D eigenvalue weighted by atomic mass is 31.1. The maximum atomic E-state index is 2.54. The number of hydrogen-bond donors (Lipinski definition) is 0. The summed E-state index contributed by atoms with van der Waals surface area (Å²) in [4.78, 5) is 7.53. The van der Waals surface area contributed by atoms with Crippen LogP contribution in [0.25, 0.3) is 0 Å². The van der Waals surface area contributed by atoms with Crippen LogP contribution in [0, 0.1) is 6.29 Å². The third kappa shape index (κ3) is 0.751. The van der Waals surface area contributed by atoms with E-state index in [0.717, 1.165) is 0 Å². The van der Waals surface area contributed by atoms with Crippen LogP contribution in [0.4, 0.5) is 0 Å². The maximum absolute atomic E-state index is 2.54. The molecule has 4 heterocycles. The molecule has 0 spiro atoms. The van der Waals surface area contributed by atoms with Gasteiger partial charge in [0.1, 0.15) is 0 Å². The van der Waals surface area contributed by atoms with E-state index in [1.54, 1.807) is 0 Å². The first-order chi connectivity index (χ1) is 4.90. The molecule has 0 aromatic rings. The molecular formula is C6H11N3P-. The molecule has 0 aromatic heterocycles. The van der Waals surface area contributed by atoms with Crippen LogP contribution in [0.15, 0.2) is 0 Å². The quantitative estimate of drug-likeness (QED) is 0.369. The van der Waals surface area contributed by atoms with E-state index in [4.69, 9.17) is 0 Å². The largest absolute Gasteiger partial charge is 0.428 e. The summed E-state index contributed by atoms with van der Waals surface area (Å²) < 4.78 is 0. The van der Waals surface area contributed by atoms with E-state index in [2.05, 4.69) is 21.0 Å². The van der Waals surface area contributed by atoms with Crippen LogP contribution in [-0.2, 0) is 0 Å². The Bertz CT molecular complexity index is 105. The molecule has 10 heavy (non-hydrogen) atoms. The fraction of sp³-hybridized carbons (Fsp3) is 0.833. The lowest BCUT2D eigenvalue weighted by molar-refractivity contribution is -0.0107. The van der Waals surface area contributed by atoms with Crippen LogP contribution in [0.3, 0.4) is 0 Å². The molecule has 4 bridgehead atoms. The molecule has 4 aliphatic heterocycles. The summed E-state index contributed by atoms with van der Waals surface area (Å²) in [5, 5.41) is 0. The Balaban J connectivity index is 1.90. The number of hydrogen-bond acceptors (Lipinski definition) is 3. The summed E-state index contributed by atoms with van der Waals surface area (Å²) >= 11 is 0. The van der Waals surface area contributed by atoms with Crippen LogP contribution >= 0.6 is 7.92 Å². The van der Waals surface area contributed by atoms with E-state index in [9.17, 15) is 0 Å². The summed E-state index contributed by atoms with van der Waals surface area (Å²) in [6, 6.07) is 0. The van der Waals surface area contributed by atoms with Crippen LogP contribution in [0.1, 0.15) is 0 Å². The summed E-state index contributed by atoms with van der Waals surface area (Å²) in [5.41, 5.74) is 0. The molecule has 0 saturated carbocycles.